The molecule has 0 bridgehead atoms. The molecule has 0 radical (unpaired) electrons. The third kappa shape index (κ3) is 5.21. The van der Waals surface area contributed by atoms with Gasteiger partial charge in [-0.2, -0.15) is 5.10 Å². The number of para-hydroxylation sites is 1. The molecule has 138 valence electrons. The van der Waals surface area contributed by atoms with Gasteiger partial charge in [-0.15, -0.1) is 0 Å². The Labute approximate surface area is 151 Å². The molecule has 0 saturated carbocycles. The van der Waals surface area contributed by atoms with Crippen LogP contribution in [0.4, 0.5) is 5.69 Å². The summed E-state index contributed by atoms with van der Waals surface area (Å²) in [5, 5.41) is 13.3. The van der Waals surface area contributed by atoms with E-state index < -0.39 is 22.5 Å². The van der Waals surface area contributed by atoms with Gasteiger partial charge in [0.15, 0.2) is 11.5 Å². The van der Waals surface area contributed by atoms with E-state index in [1.165, 1.54) is 25.5 Å². The molecule has 0 aliphatic rings. The van der Waals surface area contributed by atoms with Gasteiger partial charge in [-0.25, -0.2) is 13.8 Å². The first-order chi connectivity index (χ1) is 12.3. The molecule has 1 amide bonds. The number of amides is 1. The fraction of sp³-hybridized carbons (Fsp3) is 0.176. The predicted molar refractivity (Wildman–Crippen MR) is 99.0 cm³/mol. The van der Waals surface area contributed by atoms with Crippen LogP contribution in [0.1, 0.15) is 5.56 Å². The molecule has 0 atom stereocenters. The van der Waals surface area contributed by atoms with E-state index in [0.717, 1.165) is 10.6 Å². The molecular weight excluding hydrogens is 358 g/mol. The lowest BCUT2D eigenvalue weighted by atomic mass is 10.2. The zero-order valence-electron chi connectivity index (χ0n) is 14.3. The minimum Gasteiger partial charge on any atom is -0.504 e. The number of hydrazone groups is 1. The summed E-state index contributed by atoms with van der Waals surface area (Å²) in [5.74, 6) is -0.339. The number of anilines is 1. The number of aromatic hydroxyl groups is 1. The minimum absolute atomic E-state index is 0.0136. The Morgan fingerprint density at radius 1 is 1.27 bits per heavy atom. The summed E-state index contributed by atoms with van der Waals surface area (Å²) < 4.78 is 29.8. The fourth-order valence-corrected chi connectivity index (χ4v) is 2.97. The fourth-order valence-electron chi connectivity index (χ4n) is 2.11. The van der Waals surface area contributed by atoms with Crippen molar-refractivity contribution in [2.45, 2.75) is 0 Å². The maximum atomic E-state index is 12.0. The van der Waals surface area contributed by atoms with Crippen molar-refractivity contribution < 1.29 is 23.1 Å². The number of phenols is 1. The summed E-state index contributed by atoms with van der Waals surface area (Å²) in [6, 6.07) is 12.9. The van der Waals surface area contributed by atoms with Crippen LogP contribution >= 0.6 is 0 Å². The predicted octanol–water partition coefficient (Wildman–Crippen LogP) is 1.32. The zero-order valence-corrected chi connectivity index (χ0v) is 15.1. The molecule has 0 saturated heterocycles. The van der Waals surface area contributed by atoms with E-state index in [9.17, 15) is 18.3 Å². The third-order valence-corrected chi connectivity index (χ3v) is 4.48. The number of hydrogen-bond acceptors (Lipinski definition) is 6. The molecule has 0 spiro atoms. The molecule has 0 unspecified atom stereocenters. The van der Waals surface area contributed by atoms with Gasteiger partial charge in [-0.1, -0.05) is 18.2 Å². The topological polar surface area (TPSA) is 108 Å². The number of carbonyl (C=O) groups excluding carboxylic acids is 1. The van der Waals surface area contributed by atoms with Gasteiger partial charge in [0.05, 0.1) is 25.3 Å². The number of benzene rings is 2. The molecule has 2 aromatic carbocycles. The molecule has 0 aliphatic carbocycles. The van der Waals surface area contributed by atoms with Gasteiger partial charge in [-0.3, -0.25) is 9.10 Å². The summed E-state index contributed by atoms with van der Waals surface area (Å²) in [7, 11) is -2.21. The monoisotopic (exact) mass is 377 g/mol. The van der Waals surface area contributed by atoms with Crippen LogP contribution < -0.4 is 14.5 Å². The molecular formula is C17H19N3O5S. The molecule has 8 nitrogen and oxygen atoms in total. The molecule has 26 heavy (non-hydrogen) atoms. The van der Waals surface area contributed by atoms with Crippen molar-refractivity contribution >= 4 is 27.8 Å². The lowest BCUT2D eigenvalue weighted by Gasteiger charge is -2.21. The Kier molecular flexibility index (Phi) is 6.18. The second kappa shape index (κ2) is 8.34. The van der Waals surface area contributed by atoms with Crippen molar-refractivity contribution in [3.05, 3.63) is 54.1 Å². The lowest BCUT2D eigenvalue weighted by molar-refractivity contribution is -0.119. The van der Waals surface area contributed by atoms with E-state index in [-0.39, 0.29) is 11.5 Å². The van der Waals surface area contributed by atoms with Crippen molar-refractivity contribution in [3.63, 3.8) is 0 Å². The standard InChI is InChI=1S/C17H19N3O5S/c1-25-16-10-13(8-9-15(16)21)11-18-19-17(22)12-20(26(2,23)24)14-6-4-3-5-7-14/h3-11,21H,12H2,1-2H3,(H,19,22)/b18-11-. The van der Waals surface area contributed by atoms with Crippen LogP contribution in [0.3, 0.4) is 0 Å². The van der Waals surface area contributed by atoms with Gasteiger partial charge >= 0.3 is 0 Å². The van der Waals surface area contributed by atoms with Crippen LogP contribution in [-0.4, -0.2) is 45.6 Å². The molecule has 9 heteroatoms. The van der Waals surface area contributed by atoms with Crippen LogP contribution in [0, 0.1) is 0 Å². The van der Waals surface area contributed by atoms with Gasteiger partial charge in [0, 0.05) is 0 Å². The summed E-state index contributed by atoms with van der Waals surface area (Å²) in [6.07, 6.45) is 2.38. The Balaban J connectivity index is 2.05. The molecule has 0 heterocycles. The average Bonchev–Trinajstić information content (AvgIpc) is 2.61. The van der Waals surface area contributed by atoms with E-state index in [1.54, 1.807) is 36.4 Å². The zero-order chi connectivity index (χ0) is 19.2. The number of nitrogens with one attached hydrogen (secondary N) is 1. The molecule has 0 aromatic heterocycles. The smallest absolute Gasteiger partial charge is 0.260 e. The Hall–Kier alpha value is -3.07. The number of phenolic OH excluding ortho intramolecular Hbond substituents is 1. The Morgan fingerprint density at radius 2 is 1.96 bits per heavy atom. The average molecular weight is 377 g/mol. The maximum absolute atomic E-state index is 12.0. The number of carbonyl (C=O) groups is 1. The first-order valence-electron chi connectivity index (χ1n) is 7.53. The van der Waals surface area contributed by atoms with E-state index >= 15 is 0 Å². The highest BCUT2D eigenvalue weighted by molar-refractivity contribution is 7.92. The maximum Gasteiger partial charge on any atom is 0.260 e. The number of methoxy groups -OCH3 is 1. The summed E-state index contributed by atoms with van der Waals surface area (Å²) >= 11 is 0. The molecule has 2 N–H and O–H groups in total. The van der Waals surface area contributed by atoms with Crippen molar-refractivity contribution in [1.29, 1.82) is 0 Å². The molecule has 0 aliphatic heterocycles. The van der Waals surface area contributed by atoms with Crippen molar-refractivity contribution in [3.8, 4) is 11.5 Å². The van der Waals surface area contributed by atoms with Gasteiger partial charge in [0.2, 0.25) is 10.0 Å². The first kappa shape index (κ1) is 19.3. The van der Waals surface area contributed by atoms with Crippen LogP contribution in [0.2, 0.25) is 0 Å². The van der Waals surface area contributed by atoms with Crippen LogP contribution in [0.25, 0.3) is 0 Å². The van der Waals surface area contributed by atoms with Crippen molar-refractivity contribution in [2.75, 3.05) is 24.2 Å². The largest absolute Gasteiger partial charge is 0.504 e. The second-order valence-corrected chi connectivity index (χ2v) is 7.24. The first-order valence-corrected chi connectivity index (χ1v) is 9.38. The van der Waals surface area contributed by atoms with Crippen LogP contribution in [0.5, 0.6) is 11.5 Å². The summed E-state index contributed by atoms with van der Waals surface area (Å²) in [6.45, 7) is -0.404. The number of hydrogen-bond donors (Lipinski definition) is 2. The van der Waals surface area contributed by atoms with E-state index in [4.69, 9.17) is 4.74 Å². The molecule has 2 rings (SSSR count). The number of nitrogens with zero attached hydrogens (tertiary/aromatic N) is 2. The highest BCUT2D eigenvalue weighted by Crippen LogP contribution is 2.25. The lowest BCUT2D eigenvalue weighted by Crippen LogP contribution is -2.38. The van der Waals surface area contributed by atoms with Gasteiger partial charge < -0.3 is 9.84 Å². The third-order valence-electron chi connectivity index (χ3n) is 3.34. The van der Waals surface area contributed by atoms with Crippen molar-refractivity contribution in [1.82, 2.24) is 5.43 Å². The van der Waals surface area contributed by atoms with Crippen LogP contribution in [0.15, 0.2) is 53.6 Å². The quantitative estimate of drug-likeness (QED) is 0.559. The summed E-state index contributed by atoms with van der Waals surface area (Å²) in [5.41, 5.74) is 3.25. The van der Waals surface area contributed by atoms with Crippen molar-refractivity contribution in [2.24, 2.45) is 5.10 Å². The van der Waals surface area contributed by atoms with Gasteiger partial charge in [0.1, 0.15) is 6.54 Å². The molecule has 0 fully saturated rings. The molecule has 2 aromatic rings. The van der Waals surface area contributed by atoms with E-state index in [2.05, 4.69) is 10.5 Å². The highest BCUT2D eigenvalue weighted by atomic mass is 32.2. The summed E-state index contributed by atoms with van der Waals surface area (Å²) in [4.78, 5) is 12.0. The van der Waals surface area contributed by atoms with E-state index in [1.807, 2.05) is 0 Å². The van der Waals surface area contributed by atoms with Gasteiger partial charge in [0.25, 0.3) is 5.91 Å². The number of rotatable bonds is 7. The van der Waals surface area contributed by atoms with Crippen LogP contribution in [-0.2, 0) is 14.8 Å². The number of ether oxygens (including phenoxy) is 1. The highest BCUT2D eigenvalue weighted by Gasteiger charge is 2.20. The minimum atomic E-state index is -3.63. The Bertz CT molecular complexity index is 898. The van der Waals surface area contributed by atoms with E-state index in [0.29, 0.717) is 11.3 Å². The SMILES string of the molecule is COc1cc(/C=N\NC(=O)CN(c2ccccc2)S(C)(=O)=O)ccc1O. The normalized spacial score (nSPS) is 11.3. The Morgan fingerprint density at radius 3 is 2.58 bits per heavy atom. The van der Waals surface area contributed by atoms with Gasteiger partial charge in [-0.05, 0) is 35.9 Å². The number of sulfonamides is 1. The second-order valence-electron chi connectivity index (χ2n) is 5.33.